The fourth-order valence-corrected chi connectivity index (χ4v) is 4.48. The van der Waals surface area contributed by atoms with Crippen LogP contribution in [0.4, 0.5) is 11.4 Å². The molecular formula is C21H16N2OS. The van der Waals surface area contributed by atoms with Crippen LogP contribution in [0, 0.1) is 0 Å². The summed E-state index contributed by atoms with van der Waals surface area (Å²) in [6.45, 7) is 0.803. The van der Waals surface area contributed by atoms with Crippen LogP contribution in [0.1, 0.15) is 16.0 Å². The van der Waals surface area contributed by atoms with Crippen LogP contribution >= 0.6 is 11.3 Å². The molecule has 1 aliphatic heterocycles. The summed E-state index contributed by atoms with van der Waals surface area (Å²) in [5, 5.41) is 15.0. The zero-order valence-corrected chi connectivity index (χ0v) is 14.3. The molecule has 0 amide bonds. The van der Waals surface area contributed by atoms with E-state index < -0.39 is 0 Å². The Morgan fingerprint density at radius 1 is 0.960 bits per heavy atom. The van der Waals surface area contributed by atoms with Crippen LogP contribution < -0.4 is 5.32 Å². The second kappa shape index (κ2) is 5.60. The summed E-state index contributed by atoms with van der Waals surface area (Å²) in [6, 6.07) is 17.7. The lowest BCUT2D eigenvalue weighted by Gasteiger charge is -2.09. The first-order chi connectivity index (χ1) is 12.3. The Labute approximate surface area is 150 Å². The molecule has 0 radical (unpaired) electrons. The van der Waals surface area contributed by atoms with Crippen LogP contribution in [0.5, 0.6) is 5.75 Å². The molecule has 1 aliphatic carbocycles. The van der Waals surface area contributed by atoms with Gasteiger partial charge in [0, 0.05) is 34.3 Å². The lowest BCUT2D eigenvalue weighted by Crippen LogP contribution is -2.03. The minimum absolute atomic E-state index is 0.259. The Bertz CT molecular complexity index is 1030. The van der Waals surface area contributed by atoms with Crippen molar-refractivity contribution in [3.63, 3.8) is 0 Å². The number of nitrogens with zero attached hydrogens (tertiary/aromatic N) is 1. The predicted octanol–water partition coefficient (Wildman–Crippen LogP) is 5.01. The van der Waals surface area contributed by atoms with E-state index in [2.05, 4.69) is 41.0 Å². The molecule has 0 atom stereocenters. The molecule has 0 saturated heterocycles. The van der Waals surface area contributed by atoms with Crippen molar-refractivity contribution in [3.05, 3.63) is 81.6 Å². The Kier molecular flexibility index (Phi) is 3.25. The third-order valence-corrected chi connectivity index (χ3v) is 5.67. The number of benzene rings is 2. The highest BCUT2D eigenvalue weighted by atomic mass is 32.1. The fraction of sp³-hybridized carbons (Fsp3) is 0.0952. The molecule has 3 nitrogen and oxygen atoms in total. The number of allylic oxidation sites excluding steroid dienone is 1. The van der Waals surface area contributed by atoms with Gasteiger partial charge >= 0.3 is 0 Å². The van der Waals surface area contributed by atoms with Crippen LogP contribution in [-0.4, -0.2) is 17.4 Å². The molecule has 122 valence electrons. The van der Waals surface area contributed by atoms with Crippen molar-refractivity contribution in [2.24, 2.45) is 4.99 Å². The molecule has 1 aromatic heterocycles. The van der Waals surface area contributed by atoms with Gasteiger partial charge in [0.15, 0.2) is 0 Å². The van der Waals surface area contributed by atoms with Gasteiger partial charge in [-0.15, -0.1) is 11.3 Å². The third-order valence-electron chi connectivity index (χ3n) is 4.75. The highest BCUT2D eigenvalue weighted by Gasteiger charge is 2.29. The SMILES string of the molecule is Oc1cccc(Nc2ccc(C3=NCC4=C3Cc3sccc34)cc2)c1. The van der Waals surface area contributed by atoms with Crippen molar-refractivity contribution in [3.8, 4) is 5.75 Å². The quantitative estimate of drug-likeness (QED) is 0.701. The number of phenolic OH excluding ortho intramolecular Hbond substituents is 1. The standard InChI is InChI=1S/C21H16N2OS/c24-16-3-1-2-15(10-16)23-14-6-4-13(5-7-14)21-18-11-20-17(8-9-25-20)19(18)12-22-21/h1-10,23-24H,11-12H2. The number of anilines is 2. The van der Waals surface area contributed by atoms with Gasteiger partial charge in [0.05, 0.1) is 12.3 Å². The van der Waals surface area contributed by atoms with Crippen LogP contribution in [0.25, 0.3) is 5.57 Å². The van der Waals surface area contributed by atoms with Gasteiger partial charge in [-0.25, -0.2) is 0 Å². The van der Waals surface area contributed by atoms with Gasteiger partial charge in [-0.3, -0.25) is 4.99 Å². The van der Waals surface area contributed by atoms with E-state index in [1.165, 1.54) is 27.2 Å². The molecule has 25 heavy (non-hydrogen) atoms. The molecule has 0 unspecified atom stereocenters. The van der Waals surface area contributed by atoms with Gasteiger partial charge in [0.25, 0.3) is 0 Å². The van der Waals surface area contributed by atoms with Crippen molar-refractivity contribution < 1.29 is 5.11 Å². The average molecular weight is 344 g/mol. The molecule has 4 heteroatoms. The monoisotopic (exact) mass is 344 g/mol. The second-order valence-electron chi connectivity index (χ2n) is 6.31. The summed E-state index contributed by atoms with van der Waals surface area (Å²) in [7, 11) is 0. The van der Waals surface area contributed by atoms with Gasteiger partial charge in [-0.05, 0) is 52.4 Å². The number of aromatic hydroxyl groups is 1. The highest BCUT2D eigenvalue weighted by Crippen LogP contribution is 2.41. The van der Waals surface area contributed by atoms with Gasteiger partial charge in [0.2, 0.25) is 0 Å². The van der Waals surface area contributed by atoms with E-state index in [1.807, 2.05) is 23.5 Å². The zero-order valence-electron chi connectivity index (χ0n) is 13.5. The summed E-state index contributed by atoms with van der Waals surface area (Å²) in [6.07, 6.45) is 1.02. The van der Waals surface area contributed by atoms with E-state index in [0.29, 0.717) is 0 Å². The maximum atomic E-state index is 9.56. The maximum Gasteiger partial charge on any atom is 0.117 e. The Balaban J connectivity index is 1.39. The molecule has 0 saturated carbocycles. The molecule has 0 spiro atoms. The van der Waals surface area contributed by atoms with E-state index in [9.17, 15) is 5.11 Å². The zero-order chi connectivity index (χ0) is 16.8. The summed E-state index contributed by atoms with van der Waals surface area (Å²) < 4.78 is 0. The van der Waals surface area contributed by atoms with Crippen molar-refractivity contribution in [1.29, 1.82) is 0 Å². The Morgan fingerprint density at radius 3 is 2.68 bits per heavy atom. The first kappa shape index (κ1) is 14.5. The molecule has 3 aromatic rings. The summed E-state index contributed by atoms with van der Waals surface area (Å²) >= 11 is 1.84. The van der Waals surface area contributed by atoms with E-state index in [4.69, 9.17) is 4.99 Å². The van der Waals surface area contributed by atoms with Gasteiger partial charge < -0.3 is 10.4 Å². The van der Waals surface area contributed by atoms with Gasteiger partial charge in [-0.2, -0.15) is 0 Å². The minimum atomic E-state index is 0.259. The number of aliphatic imine (C=N–C) groups is 1. The third kappa shape index (κ3) is 2.46. The van der Waals surface area contributed by atoms with Crippen molar-refractivity contribution in [2.75, 3.05) is 11.9 Å². The van der Waals surface area contributed by atoms with Crippen LogP contribution in [0.3, 0.4) is 0 Å². The van der Waals surface area contributed by atoms with Crippen molar-refractivity contribution in [2.45, 2.75) is 6.42 Å². The summed E-state index contributed by atoms with van der Waals surface area (Å²) in [5.41, 5.74) is 8.39. The first-order valence-corrected chi connectivity index (χ1v) is 9.16. The number of thiophene rings is 1. The molecule has 2 aliphatic rings. The maximum absolute atomic E-state index is 9.56. The molecule has 0 bridgehead atoms. The molecular weight excluding hydrogens is 328 g/mol. The van der Waals surface area contributed by atoms with E-state index in [1.54, 1.807) is 12.1 Å². The van der Waals surface area contributed by atoms with E-state index in [-0.39, 0.29) is 5.75 Å². The number of rotatable bonds is 3. The molecule has 5 rings (SSSR count). The van der Waals surface area contributed by atoms with Crippen molar-refractivity contribution in [1.82, 2.24) is 0 Å². The Morgan fingerprint density at radius 2 is 1.84 bits per heavy atom. The smallest absolute Gasteiger partial charge is 0.117 e. The first-order valence-electron chi connectivity index (χ1n) is 8.28. The second-order valence-corrected chi connectivity index (χ2v) is 7.31. The minimum Gasteiger partial charge on any atom is -0.508 e. The number of nitrogens with one attached hydrogen (secondary N) is 1. The molecule has 2 heterocycles. The summed E-state index contributed by atoms with van der Waals surface area (Å²) in [4.78, 5) is 6.26. The van der Waals surface area contributed by atoms with Crippen LogP contribution in [-0.2, 0) is 6.42 Å². The van der Waals surface area contributed by atoms with E-state index >= 15 is 0 Å². The number of fused-ring (bicyclic) bond motifs is 2. The molecule has 0 fully saturated rings. The fourth-order valence-electron chi connectivity index (χ4n) is 3.56. The van der Waals surface area contributed by atoms with Gasteiger partial charge in [-0.1, -0.05) is 18.2 Å². The van der Waals surface area contributed by atoms with Crippen molar-refractivity contribution >= 4 is 34.0 Å². The van der Waals surface area contributed by atoms with E-state index in [0.717, 1.165) is 30.1 Å². The number of hydrogen-bond acceptors (Lipinski definition) is 4. The number of hydrogen-bond donors (Lipinski definition) is 2. The van der Waals surface area contributed by atoms with Gasteiger partial charge in [0.1, 0.15) is 5.75 Å². The molecule has 2 N–H and O–H groups in total. The number of phenols is 1. The largest absolute Gasteiger partial charge is 0.508 e. The van der Waals surface area contributed by atoms with Crippen LogP contribution in [0.2, 0.25) is 0 Å². The lowest BCUT2D eigenvalue weighted by molar-refractivity contribution is 0.475. The summed E-state index contributed by atoms with van der Waals surface area (Å²) in [5.74, 6) is 0.259. The predicted molar refractivity (Wildman–Crippen MR) is 104 cm³/mol. The normalized spacial score (nSPS) is 15.1. The molecule has 2 aromatic carbocycles. The Hall–Kier alpha value is -2.85. The van der Waals surface area contributed by atoms with Crippen LogP contribution in [0.15, 0.2) is 70.5 Å². The highest BCUT2D eigenvalue weighted by molar-refractivity contribution is 7.10. The lowest BCUT2D eigenvalue weighted by atomic mass is 10.0. The topological polar surface area (TPSA) is 44.6 Å². The average Bonchev–Trinajstić information content (AvgIpc) is 3.28.